The van der Waals surface area contributed by atoms with Crippen molar-refractivity contribution in [2.75, 3.05) is 6.54 Å². The Morgan fingerprint density at radius 3 is 2.84 bits per heavy atom. The molecule has 0 fully saturated rings. The fourth-order valence-corrected chi connectivity index (χ4v) is 2.95. The third kappa shape index (κ3) is 4.94. The molecular formula is C15H18ClNOS. The molecule has 1 unspecified atom stereocenters. The maximum absolute atomic E-state index is 6.14. The third-order valence-electron chi connectivity index (χ3n) is 2.79. The van der Waals surface area contributed by atoms with Gasteiger partial charge >= 0.3 is 0 Å². The molecule has 0 aliphatic rings. The van der Waals surface area contributed by atoms with Gasteiger partial charge in [-0.25, -0.2) is 0 Å². The lowest BCUT2D eigenvalue weighted by molar-refractivity contribution is 0.484. The monoisotopic (exact) mass is 295 g/mol. The topological polar surface area (TPSA) is 25.2 Å². The van der Waals surface area contributed by atoms with Crippen molar-refractivity contribution < 1.29 is 4.42 Å². The van der Waals surface area contributed by atoms with Crippen molar-refractivity contribution in [3.8, 4) is 0 Å². The molecule has 1 aromatic heterocycles. The van der Waals surface area contributed by atoms with Crippen molar-refractivity contribution >= 4 is 23.4 Å². The molecule has 1 N–H and O–H groups in total. The second kappa shape index (κ2) is 7.63. The van der Waals surface area contributed by atoms with Crippen LogP contribution in [0, 0.1) is 0 Å². The maximum atomic E-state index is 6.14. The average Bonchev–Trinajstić information content (AvgIpc) is 2.91. The molecule has 0 saturated carbocycles. The van der Waals surface area contributed by atoms with Gasteiger partial charge in [-0.3, -0.25) is 0 Å². The standard InChI is InChI=1S/C15H18ClNOS/c1-12(9-17-10-14-6-4-8-18-14)19-11-13-5-2-3-7-15(13)16/h2-8,12,17H,9-11H2,1H3. The van der Waals surface area contributed by atoms with Crippen LogP contribution in [-0.2, 0) is 12.3 Å². The lowest BCUT2D eigenvalue weighted by Crippen LogP contribution is -2.22. The van der Waals surface area contributed by atoms with Gasteiger partial charge in [-0.05, 0) is 23.8 Å². The molecule has 2 rings (SSSR count). The minimum absolute atomic E-state index is 0.534. The Morgan fingerprint density at radius 1 is 1.26 bits per heavy atom. The molecular weight excluding hydrogens is 278 g/mol. The van der Waals surface area contributed by atoms with Gasteiger partial charge in [0.15, 0.2) is 0 Å². The maximum Gasteiger partial charge on any atom is 0.117 e. The summed E-state index contributed by atoms with van der Waals surface area (Å²) in [7, 11) is 0. The zero-order chi connectivity index (χ0) is 13.5. The molecule has 1 atom stereocenters. The lowest BCUT2D eigenvalue weighted by atomic mass is 10.2. The molecule has 19 heavy (non-hydrogen) atoms. The highest BCUT2D eigenvalue weighted by molar-refractivity contribution is 7.99. The first kappa shape index (κ1) is 14.5. The Bertz CT molecular complexity index is 487. The molecule has 102 valence electrons. The first-order valence-corrected chi connectivity index (χ1v) is 7.76. The second-order valence-electron chi connectivity index (χ2n) is 4.42. The van der Waals surface area contributed by atoms with E-state index in [1.807, 2.05) is 42.1 Å². The van der Waals surface area contributed by atoms with Crippen LogP contribution in [0.5, 0.6) is 0 Å². The van der Waals surface area contributed by atoms with E-state index in [0.717, 1.165) is 29.6 Å². The van der Waals surface area contributed by atoms with Crippen molar-refractivity contribution in [2.24, 2.45) is 0 Å². The van der Waals surface area contributed by atoms with E-state index in [9.17, 15) is 0 Å². The Hall–Kier alpha value is -0.900. The third-order valence-corrected chi connectivity index (χ3v) is 4.37. The van der Waals surface area contributed by atoms with E-state index in [1.54, 1.807) is 6.26 Å². The smallest absolute Gasteiger partial charge is 0.117 e. The van der Waals surface area contributed by atoms with Crippen molar-refractivity contribution in [2.45, 2.75) is 24.5 Å². The van der Waals surface area contributed by atoms with Crippen LogP contribution in [0.4, 0.5) is 0 Å². The van der Waals surface area contributed by atoms with Gasteiger partial charge in [0.05, 0.1) is 12.8 Å². The van der Waals surface area contributed by atoms with Gasteiger partial charge < -0.3 is 9.73 Å². The van der Waals surface area contributed by atoms with E-state index in [1.165, 1.54) is 5.56 Å². The Labute approximate surface area is 123 Å². The molecule has 2 aromatic rings. The summed E-state index contributed by atoms with van der Waals surface area (Å²) in [5.74, 6) is 1.92. The minimum atomic E-state index is 0.534. The van der Waals surface area contributed by atoms with Crippen molar-refractivity contribution in [3.05, 3.63) is 59.0 Å². The highest BCUT2D eigenvalue weighted by Gasteiger charge is 2.05. The second-order valence-corrected chi connectivity index (χ2v) is 6.26. The van der Waals surface area contributed by atoms with Gasteiger partial charge in [0.1, 0.15) is 5.76 Å². The predicted octanol–water partition coefficient (Wildman–Crippen LogP) is 4.34. The number of hydrogen-bond acceptors (Lipinski definition) is 3. The van der Waals surface area contributed by atoms with Crippen LogP contribution < -0.4 is 5.32 Å². The minimum Gasteiger partial charge on any atom is -0.468 e. The van der Waals surface area contributed by atoms with Gasteiger partial charge in [-0.15, -0.1) is 0 Å². The molecule has 0 amide bonds. The molecule has 0 saturated heterocycles. The van der Waals surface area contributed by atoms with E-state index in [-0.39, 0.29) is 0 Å². The SMILES string of the molecule is CC(CNCc1ccco1)SCc1ccccc1Cl. The van der Waals surface area contributed by atoms with Crippen LogP contribution in [0.1, 0.15) is 18.2 Å². The molecule has 0 bridgehead atoms. The molecule has 0 aliphatic carbocycles. The number of furan rings is 1. The summed E-state index contributed by atoms with van der Waals surface area (Å²) in [6.45, 7) is 3.95. The Kier molecular flexibility index (Phi) is 5.83. The molecule has 0 spiro atoms. The molecule has 4 heteroatoms. The number of nitrogens with one attached hydrogen (secondary N) is 1. The summed E-state index contributed by atoms with van der Waals surface area (Å²) in [5, 5.41) is 4.78. The highest BCUT2D eigenvalue weighted by Crippen LogP contribution is 2.23. The van der Waals surface area contributed by atoms with Crippen molar-refractivity contribution in [1.29, 1.82) is 0 Å². The number of rotatable bonds is 7. The Balaban J connectivity index is 1.67. The number of thioether (sulfide) groups is 1. The summed E-state index contributed by atoms with van der Waals surface area (Å²) in [6, 6.07) is 11.9. The van der Waals surface area contributed by atoms with Crippen LogP contribution in [0.2, 0.25) is 5.02 Å². The summed E-state index contributed by atoms with van der Waals surface area (Å²) >= 11 is 8.04. The lowest BCUT2D eigenvalue weighted by Gasteiger charge is -2.12. The van der Waals surface area contributed by atoms with E-state index in [2.05, 4.69) is 18.3 Å². The van der Waals surface area contributed by atoms with Gasteiger partial charge in [0, 0.05) is 22.6 Å². The average molecular weight is 296 g/mol. The van der Waals surface area contributed by atoms with Crippen molar-refractivity contribution in [1.82, 2.24) is 5.32 Å². The van der Waals surface area contributed by atoms with Gasteiger partial charge in [0.2, 0.25) is 0 Å². The fourth-order valence-electron chi connectivity index (χ4n) is 1.72. The zero-order valence-corrected chi connectivity index (χ0v) is 12.5. The molecule has 0 aliphatic heterocycles. The van der Waals surface area contributed by atoms with E-state index < -0.39 is 0 Å². The number of hydrogen-bond donors (Lipinski definition) is 1. The van der Waals surface area contributed by atoms with Gasteiger partial charge in [-0.1, -0.05) is 36.7 Å². The van der Waals surface area contributed by atoms with Crippen LogP contribution in [0.15, 0.2) is 47.1 Å². The summed E-state index contributed by atoms with van der Waals surface area (Å²) in [5.41, 5.74) is 1.20. The highest BCUT2D eigenvalue weighted by atomic mass is 35.5. The largest absolute Gasteiger partial charge is 0.468 e. The van der Waals surface area contributed by atoms with E-state index >= 15 is 0 Å². The zero-order valence-electron chi connectivity index (χ0n) is 10.9. The van der Waals surface area contributed by atoms with E-state index in [0.29, 0.717) is 5.25 Å². The number of halogens is 1. The first-order valence-electron chi connectivity index (χ1n) is 6.34. The van der Waals surface area contributed by atoms with Crippen LogP contribution in [0.3, 0.4) is 0 Å². The van der Waals surface area contributed by atoms with E-state index in [4.69, 9.17) is 16.0 Å². The fraction of sp³-hybridized carbons (Fsp3) is 0.333. The van der Waals surface area contributed by atoms with Gasteiger partial charge in [-0.2, -0.15) is 11.8 Å². The summed E-state index contributed by atoms with van der Waals surface area (Å²) in [6.07, 6.45) is 1.70. The predicted molar refractivity (Wildman–Crippen MR) is 82.6 cm³/mol. The first-order chi connectivity index (χ1) is 9.25. The molecule has 0 radical (unpaired) electrons. The van der Waals surface area contributed by atoms with Crippen LogP contribution in [-0.4, -0.2) is 11.8 Å². The van der Waals surface area contributed by atoms with Crippen molar-refractivity contribution in [3.63, 3.8) is 0 Å². The number of benzene rings is 1. The summed E-state index contributed by atoms with van der Waals surface area (Å²) in [4.78, 5) is 0. The normalized spacial score (nSPS) is 12.5. The Morgan fingerprint density at radius 2 is 2.11 bits per heavy atom. The molecule has 2 nitrogen and oxygen atoms in total. The molecule has 1 heterocycles. The van der Waals surface area contributed by atoms with Crippen LogP contribution >= 0.6 is 23.4 Å². The van der Waals surface area contributed by atoms with Crippen LogP contribution in [0.25, 0.3) is 0 Å². The summed E-state index contributed by atoms with van der Waals surface area (Å²) < 4.78 is 5.27. The quantitative estimate of drug-likeness (QED) is 0.822. The van der Waals surface area contributed by atoms with Gasteiger partial charge in [0.25, 0.3) is 0 Å². The molecule has 1 aromatic carbocycles.